The van der Waals surface area contributed by atoms with Crippen molar-refractivity contribution in [2.24, 2.45) is 0 Å². The van der Waals surface area contributed by atoms with Crippen molar-refractivity contribution < 1.29 is 20.6 Å². The van der Waals surface area contributed by atoms with Gasteiger partial charge in [0, 0.05) is 0 Å². The van der Waals surface area contributed by atoms with Crippen molar-refractivity contribution in [3.05, 3.63) is 106 Å². The first-order valence-electron chi connectivity index (χ1n) is 11.8. The van der Waals surface area contributed by atoms with E-state index >= 15 is 0 Å². The monoisotopic (exact) mass is 669 g/mol. The van der Waals surface area contributed by atoms with Gasteiger partial charge in [-0.25, -0.2) is 0 Å². The van der Waals surface area contributed by atoms with Gasteiger partial charge in [-0.1, -0.05) is 0 Å². The van der Waals surface area contributed by atoms with E-state index < -0.39 is 26.6 Å². The molecule has 0 bridgehead atoms. The van der Waals surface area contributed by atoms with E-state index in [1.54, 1.807) is 22.3 Å². The first kappa shape index (κ1) is 25.6. The minimum absolute atomic E-state index is 0. The Kier molecular flexibility index (Phi) is 7.46. The van der Waals surface area contributed by atoms with Crippen molar-refractivity contribution in [3.8, 4) is 0 Å². The molecule has 0 fully saturated rings. The van der Waals surface area contributed by atoms with Crippen LogP contribution in [0, 0.1) is 0 Å². The number of halogens is 2. The van der Waals surface area contributed by atoms with Gasteiger partial charge in [-0.15, -0.1) is 24.8 Å². The van der Waals surface area contributed by atoms with E-state index in [-0.39, 0.29) is 24.8 Å². The largest absolute Gasteiger partial charge is 0.147 e. The van der Waals surface area contributed by atoms with Crippen LogP contribution >= 0.6 is 24.8 Å². The van der Waals surface area contributed by atoms with E-state index in [1.807, 2.05) is 0 Å². The molecule has 0 amide bonds. The summed E-state index contributed by atoms with van der Waals surface area (Å²) in [4.78, 5) is 0. The van der Waals surface area contributed by atoms with Crippen LogP contribution in [0.2, 0.25) is 13.1 Å². The van der Waals surface area contributed by atoms with Crippen LogP contribution in [0.15, 0.2) is 83.9 Å². The van der Waals surface area contributed by atoms with Crippen LogP contribution in [-0.4, -0.2) is 5.98 Å². The second kappa shape index (κ2) is 9.89. The molecule has 0 nitrogen and oxygen atoms in total. The molecule has 4 heteroatoms. The van der Waals surface area contributed by atoms with Gasteiger partial charge in [0.2, 0.25) is 0 Å². The molecule has 2 aliphatic rings. The molecule has 0 saturated carbocycles. The predicted molar refractivity (Wildman–Crippen MR) is 154 cm³/mol. The topological polar surface area (TPSA) is 0 Å². The first-order chi connectivity index (χ1) is 15.5. The molecular formula is C30H31Cl2HfSi. The van der Waals surface area contributed by atoms with Gasteiger partial charge < -0.3 is 0 Å². The maximum Gasteiger partial charge on any atom is -0.147 e. The summed E-state index contributed by atoms with van der Waals surface area (Å²) in [6, 6.07) is 27.6. The number of fused-ring (bicyclic) bond motifs is 6. The Labute approximate surface area is 224 Å². The minimum atomic E-state index is -2.14. The van der Waals surface area contributed by atoms with E-state index in [2.05, 4.69) is 112 Å². The Hall–Kier alpha value is -1.45. The third-order valence-electron chi connectivity index (χ3n) is 7.62. The van der Waals surface area contributed by atoms with Gasteiger partial charge in [-0.2, -0.15) is 0 Å². The minimum Gasteiger partial charge on any atom is -0.147 e. The third-order valence-corrected chi connectivity index (χ3v) is 39.1. The van der Waals surface area contributed by atoms with E-state index in [4.69, 9.17) is 0 Å². The van der Waals surface area contributed by atoms with Crippen LogP contribution in [0.1, 0.15) is 43.5 Å². The Bertz CT molecular complexity index is 1350. The number of hydrogen-bond donors (Lipinski definition) is 0. The second-order valence-electron chi connectivity index (χ2n) is 9.88. The Morgan fingerprint density at radius 3 is 1.41 bits per heavy atom. The molecule has 0 radical (unpaired) electrons. The van der Waals surface area contributed by atoms with Gasteiger partial charge in [0.15, 0.2) is 0 Å². The normalized spacial score (nSPS) is 18.1. The first-order valence-corrected chi connectivity index (χ1v) is 25.1. The zero-order valence-corrected chi connectivity index (χ0v) is 26.5. The maximum absolute atomic E-state index is 2.65. The van der Waals surface area contributed by atoms with Crippen molar-refractivity contribution in [2.75, 3.05) is 0 Å². The average Bonchev–Trinajstić information content (AvgIpc) is 3.31. The SMILES string of the molecule is CC1=Cc2c(ccc3ccccc23)[CH]1[Hf]([CH]1C(C)=Cc2c1ccc1ccccc21)[SiH](C)C.Cl.Cl. The van der Waals surface area contributed by atoms with Gasteiger partial charge in [0.25, 0.3) is 0 Å². The zero-order chi connectivity index (χ0) is 22.0. The molecule has 0 heterocycles. The van der Waals surface area contributed by atoms with E-state index in [1.165, 1.54) is 32.7 Å². The summed E-state index contributed by atoms with van der Waals surface area (Å²) in [6.45, 7) is 10.2. The fourth-order valence-corrected chi connectivity index (χ4v) is 39.2. The fraction of sp³-hybridized carbons (Fsp3) is 0.200. The number of benzene rings is 4. The van der Waals surface area contributed by atoms with E-state index in [0.717, 1.165) is 7.35 Å². The number of allylic oxidation sites excluding steroid dienone is 2. The van der Waals surface area contributed by atoms with Crippen molar-refractivity contribution in [2.45, 2.75) is 34.3 Å². The molecule has 4 aromatic rings. The summed E-state index contributed by atoms with van der Waals surface area (Å²) in [6.07, 6.45) is 5.08. The molecule has 2 aliphatic carbocycles. The number of hydrogen-bond acceptors (Lipinski definition) is 0. The summed E-state index contributed by atoms with van der Waals surface area (Å²) in [5, 5.41) is 5.62. The van der Waals surface area contributed by atoms with Crippen LogP contribution in [0.25, 0.3) is 33.7 Å². The Balaban J connectivity index is 0.00000137. The zero-order valence-electron chi connectivity index (χ0n) is 20.1. The maximum atomic E-state index is 2.65. The van der Waals surface area contributed by atoms with Gasteiger partial charge in [0.1, 0.15) is 0 Å². The molecule has 0 saturated heterocycles. The van der Waals surface area contributed by atoms with E-state index in [0.29, 0.717) is 0 Å². The Morgan fingerprint density at radius 2 is 1.00 bits per heavy atom. The summed E-state index contributed by atoms with van der Waals surface area (Å²) in [7, 11) is 0. The third kappa shape index (κ3) is 3.91. The van der Waals surface area contributed by atoms with Crippen LogP contribution in [0.3, 0.4) is 0 Å². The molecular weight excluding hydrogens is 638 g/mol. The van der Waals surface area contributed by atoms with E-state index in [9.17, 15) is 0 Å². The molecule has 6 rings (SSSR count). The molecule has 0 aliphatic heterocycles. The predicted octanol–water partition coefficient (Wildman–Crippen LogP) is 9.05. The summed E-state index contributed by atoms with van der Waals surface area (Å²) in [5.74, 6) is -0.779. The van der Waals surface area contributed by atoms with Gasteiger partial charge in [-0.05, 0) is 0 Å². The van der Waals surface area contributed by atoms with Crippen molar-refractivity contribution in [1.29, 1.82) is 0 Å². The van der Waals surface area contributed by atoms with Gasteiger partial charge in [-0.3, -0.25) is 0 Å². The van der Waals surface area contributed by atoms with Crippen molar-refractivity contribution in [3.63, 3.8) is 0 Å². The average molecular weight is 669 g/mol. The van der Waals surface area contributed by atoms with Crippen LogP contribution < -0.4 is 0 Å². The summed E-state index contributed by atoms with van der Waals surface area (Å²) in [5.41, 5.74) is 9.60. The fourth-order valence-electron chi connectivity index (χ4n) is 6.28. The molecule has 4 aromatic carbocycles. The van der Waals surface area contributed by atoms with Crippen LogP contribution in [0.5, 0.6) is 0 Å². The molecule has 0 spiro atoms. The molecule has 0 aromatic heterocycles. The molecule has 173 valence electrons. The summed E-state index contributed by atoms with van der Waals surface area (Å²) >= 11 is -2.14. The molecule has 0 N–H and O–H groups in total. The smallest absolute Gasteiger partial charge is 0.147 e. The van der Waals surface area contributed by atoms with Crippen molar-refractivity contribution >= 4 is 64.5 Å². The van der Waals surface area contributed by atoms with Crippen molar-refractivity contribution in [1.82, 2.24) is 0 Å². The van der Waals surface area contributed by atoms with Gasteiger partial charge >= 0.3 is 201 Å². The second-order valence-corrected chi connectivity index (χ2v) is 37.8. The van der Waals surface area contributed by atoms with Gasteiger partial charge in [0.05, 0.1) is 0 Å². The van der Waals surface area contributed by atoms with Crippen LogP contribution in [-0.2, 0) is 20.6 Å². The number of rotatable bonds is 3. The summed E-state index contributed by atoms with van der Waals surface area (Å²) < 4.78 is 1.47. The molecule has 2 unspecified atom stereocenters. The molecule has 34 heavy (non-hydrogen) atoms. The quantitative estimate of drug-likeness (QED) is 0.191. The Morgan fingerprint density at radius 1 is 0.588 bits per heavy atom. The standard InChI is InChI=1S/2C14H11.C2H7Si.2ClH.Hf/c2*1-10-8-12-7-6-11-4-2-3-5-13(11)14(12)9-10;1-3-2;;;/h2*2-9H,1H3;3H,1-2H3;2*1H;. The molecule has 2 atom stereocenters. The van der Waals surface area contributed by atoms with Crippen LogP contribution in [0.4, 0.5) is 0 Å².